The molecule has 7 nitrogen and oxygen atoms in total. The van der Waals surface area contributed by atoms with Crippen LogP contribution in [0, 0.1) is 0 Å². The normalized spacial score (nSPS) is 13.9. The Balaban J connectivity index is 1.62. The number of hydrazone groups is 1. The first-order valence-electron chi connectivity index (χ1n) is 8.58. The SMILES string of the molecule is COc1ccc(/C=N/NC(=O)c2ccc(N3CCCC3=O)cc2)cc1OC. The lowest BCUT2D eigenvalue weighted by Crippen LogP contribution is -2.24. The number of carbonyl (C=O) groups is 2. The van der Waals surface area contributed by atoms with Gasteiger partial charge in [-0.3, -0.25) is 9.59 Å². The van der Waals surface area contributed by atoms with Crippen molar-refractivity contribution in [3.8, 4) is 11.5 Å². The van der Waals surface area contributed by atoms with Crippen LogP contribution in [-0.2, 0) is 4.79 Å². The maximum Gasteiger partial charge on any atom is 0.271 e. The van der Waals surface area contributed by atoms with Gasteiger partial charge in [0.05, 0.1) is 20.4 Å². The van der Waals surface area contributed by atoms with Crippen molar-refractivity contribution in [3.05, 3.63) is 53.6 Å². The fourth-order valence-electron chi connectivity index (χ4n) is 2.88. The topological polar surface area (TPSA) is 80.2 Å². The molecule has 0 saturated carbocycles. The first-order chi connectivity index (χ1) is 13.1. The van der Waals surface area contributed by atoms with E-state index < -0.39 is 0 Å². The third-order valence-corrected chi connectivity index (χ3v) is 4.30. The molecule has 140 valence electrons. The van der Waals surface area contributed by atoms with Crippen LogP contribution >= 0.6 is 0 Å². The average molecular weight is 367 g/mol. The number of anilines is 1. The monoisotopic (exact) mass is 367 g/mol. The van der Waals surface area contributed by atoms with Gasteiger partial charge >= 0.3 is 0 Å². The molecule has 0 aliphatic carbocycles. The van der Waals surface area contributed by atoms with Crippen LogP contribution in [0.5, 0.6) is 11.5 Å². The predicted octanol–water partition coefficient (Wildman–Crippen LogP) is 2.59. The summed E-state index contributed by atoms with van der Waals surface area (Å²) in [5.74, 6) is 0.993. The summed E-state index contributed by atoms with van der Waals surface area (Å²) in [5, 5.41) is 3.98. The Labute approximate surface area is 157 Å². The molecule has 0 aromatic heterocycles. The highest BCUT2D eigenvalue weighted by Gasteiger charge is 2.21. The number of amides is 2. The van der Waals surface area contributed by atoms with Crippen molar-refractivity contribution >= 4 is 23.7 Å². The van der Waals surface area contributed by atoms with Crippen molar-refractivity contribution in [2.45, 2.75) is 12.8 Å². The van der Waals surface area contributed by atoms with Gasteiger partial charge in [0, 0.05) is 24.2 Å². The number of hydrogen-bond donors (Lipinski definition) is 1. The van der Waals surface area contributed by atoms with E-state index in [2.05, 4.69) is 10.5 Å². The van der Waals surface area contributed by atoms with Gasteiger partial charge < -0.3 is 14.4 Å². The Bertz CT molecular complexity index is 862. The van der Waals surface area contributed by atoms with Crippen molar-refractivity contribution in [1.29, 1.82) is 0 Å². The smallest absolute Gasteiger partial charge is 0.271 e. The van der Waals surface area contributed by atoms with E-state index in [1.807, 2.05) is 0 Å². The van der Waals surface area contributed by atoms with E-state index in [1.54, 1.807) is 61.6 Å². The van der Waals surface area contributed by atoms with Gasteiger partial charge in [-0.2, -0.15) is 5.10 Å². The highest BCUT2D eigenvalue weighted by molar-refractivity contribution is 5.97. The Morgan fingerprint density at radius 2 is 1.85 bits per heavy atom. The third-order valence-electron chi connectivity index (χ3n) is 4.30. The molecule has 3 rings (SSSR count). The molecule has 1 N–H and O–H groups in total. The van der Waals surface area contributed by atoms with Crippen LogP contribution in [0.25, 0.3) is 0 Å². The summed E-state index contributed by atoms with van der Waals surface area (Å²) >= 11 is 0. The van der Waals surface area contributed by atoms with Crippen LogP contribution in [0.4, 0.5) is 5.69 Å². The zero-order valence-corrected chi connectivity index (χ0v) is 15.3. The van der Waals surface area contributed by atoms with E-state index in [1.165, 1.54) is 6.21 Å². The highest BCUT2D eigenvalue weighted by Crippen LogP contribution is 2.26. The number of carbonyl (C=O) groups excluding carboxylic acids is 2. The molecule has 7 heteroatoms. The Morgan fingerprint density at radius 3 is 2.48 bits per heavy atom. The summed E-state index contributed by atoms with van der Waals surface area (Å²) in [6, 6.07) is 12.2. The number of ether oxygens (including phenoxy) is 2. The second-order valence-electron chi connectivity index (χ2n) is 6.01. The summed E-state index contributed by atoms with van der Waals surface area (Å²) in [6.07, 6.45) is 2.97. The molecule has 1 aliphatic heterocycles. The van der Waals surface area contributed by atoms with Crippen molar-refractivity contribution in [2.24, 2.45) is 5.10 Å². The van der Waals surface area contributed by atoms with Crippen molar-refractivity contribution in [2.75, 3.05) is 25.7 Å². The van der Waals surface area contributed by atoms with Crippen LogP contribution in [0.3, 0.4) is 0 Å². The van der Waals surface area contributed by atoms with Crippen LogP contribution in [0.1, 0.15) is 28.8 Å². The number of nitrogens with zero attached hydrogens (tertiary/aromatic N) is 2. The third kappa shape index (κ3) is 4.25. The zero-order valence-electron chi connectivity index (χ0n) is 15.3. The molecule has 2 amide bonds. The van der Waals surface area contributed by atoms with Crippen molar-refractivity contribution < 1.29 is 19.1 Å². The van der Waals surface area contributed by atoms with Crippen LogP contribution in [0.2, 0.25) is 0 Å². The maximum atomic E-state index is 12.2. The minimum absolute atomic E-state index is 0.117. The summed E-state index contributed by atoms with van der Waals surface area (Å²) in [7, 11) is 3.12. The molecule has 2 aromatic carbocycles. The van der Waals surface area contributed by atoms with Crippen molar-refractivity contribution in [1.82, 2.24) is 5.43 Å². The van der Waals surface area contributed by atoms with Crippen molar-refractivity contribution in [3.63, 3.8) is 0 Å². The quantitative estimate of drug-likeness (QED) is 0.629. The highest BCUT2D eigenvalue weighted by atomic mass is 16.5. The van der Waals surface area contributed by atoms with Gasteiger partial charge in [0.2, 0.25) is 5.91 Å². The largest absolute Gasteiger partial charge is 0.493 e. The summed E-state index contributed by atoms with van der Waals surface area (Å²) in [6.45, 7) is 0.722. The van der Waals surface area contributed by atoms with Gasteiger partial charge in [-0.25, -0.2) is 5.43 Å². The summed E-state index contributed by atoms with van der Waals surface area (Å²) in [4.78, 5) is 25.7. The van der Waals surface area contributed by atoms with E-state index in [4.69, 9.17) is 9.47 Å². The van der Waals surface area contributed by atoms with Gasteiger partial charge in [-0.1, -0.05) is 0 Å². The van der Waals surface area contributed by atoms with Gasteiger partial charge in [0.25, 0.3) is 5.91 Å². The standard InChI is InChI=1S/C20H21N3O4/c1-26-17-10-5-14(12-18(17)27-2)13-21-22-20(25)15-6-8-16(9-7-15)23-11-3-4-19(23)24/h5-10,12-13H,3-4,11H2,1-2H3,(H,22,25)/b21-13+. The Morgan fingerprint density at radius 1 is 1.11 bits per heavy atom. The molecule has 1 heterocycles. The number of methoxy groups -OCH3 is 2. The maximum absolute atomic E-state index is 12.2. The van der Waals surface area contributed by atoms with Gasteiger partial charge in [0.1, 0.15) is 0 Å². The lowest BCUT2D eigenvalue weighted by Gasteiger charge is -2.15. The zero-order chi connectivity index (χ0) is 19.2. The minimum atomic E-state index is -0.328. The molecule has 27 heavy (non-hydrogen) atoms. The number of nitrogens with one attached hydrogen (secondary N) is 1. The lowest BCUT2D eigenvalue weighted by molar-refractivity contribution is -0.117. The Kier molecular flexibility index (Phi) is 5.71. The first kappa shape index (κ1) is 18.4. The first-order valence-corrected chi connectivity index (χ1v) is 8.58. The second kappa shape index (κ2) is 8.35. The van der Waals surface area contributed by atoms with E-state index in [0.717, 1.165) is 24.2 Å². The fraction of sp³-hybridized carbons (Fsp3) is 0.250. The molecule has 0 atom stereocenters. The average Bonchev–Trinajstić information content (AvgIpc) is 3.13. The van der Waals surface area contributed by atoms with E-state index in [-0.39, 0.29) is 11.8 Å². The molecule has 1 saturated heterocycles. The molecule has 0 unspecified atom stereocenters. The fourth-order valence-corrected chi connectivity index (χ4v) is 2.88. The second-order valence-corrected chi connectivity index (χ2v) is 6.01. The van der Waals surface area contributed by atoms with E-state index in [0.29, 0.717) is 23.5 Å². The van der Waals surface area contributed by atoms with E-state index >= 15 is 0 Å². The molecular weight excluding hydrogens is 346 g/mol. The van der Waals surface area contributed by atoms with Gasteiger partial charge in [-0.05, 0) is 54.4 Å². The number of benzene rings is 2. The predicted molar refractivity (Wildman–Crippen MR) is 103 cm³/mol. The molecule has 0 spiro atoms. The Hall–Kier alpha value is -3.35. The van der Waals surface area contributed by atoms with Gasteiger partial charge in [0.15, 0.2) is 11.5 Å². The molecule has 1 fully saturated rings. The molecule has 2 aromatic rings. The molecular formula is C20H21N3O4. The van der Waals surface area contributed by atoms with Gasteiger partial charge in [-0.15, -0.1) is 0 Å². The minimum Gasteiger partial charge on any atom is -0.493 e. The summed E-state index contributed by atoms with van der Waals surface area (Å²) in [5.41, 5.74) is 4.52. The van der Waals surface area contributed by atoms with Crippen LogP contribution in [0.15, 0.2) is 47.6 Å². The molecule has 1 aliphatic rings. The summed E-state index contributed by atoms with van der Waals surface area (Å²) < 4.78 is 10.4. The molecule has 0 bridgehead atoms. The lowest BCUT2D eigenvalue weighted by atomic mass is 10.2. The number of hydrogen-bond acceptors (Lipinski definition) is 5. The van der Waals surface area contributed by atoms with Crippen LogP contribution in [-0.4, -0.2) is 38.8 Å². The van der Waals surface area contributed by atoms with Crippen LogP contribution < -0.4 is 19.8 Å². The van der Waals surface area contributed by atoms with E-state index in [9.17, 15) is 9.59 Å². The molecule has 0 radical (unpaired) electrons. The number of rotatable bonds is 6.